The SMILES string of the molecule is CC(C)CC(C)(O)c1ccccc1NC(=O)C1CS[C]=C(C(F)(F)F)O1. The third-order valence-corrected chi connectivity index (χ3v) is 4.58. The van der Waals surface area contributed by atoms with E-state index in [1.807, 2.05) is 19.3 Å². The fraction of sp³-hybridized carbons (Fsp3) is 0.500. The average Bonchev–Trinajstić information content (AvgIpc) is 2.53. The highest BCUT2D eigenvalue weighted by Gasteiger charge is 2.41. The van der Waals surface area contributed by atoms with Crippen molar-refractivity contribution in [1.29, 1.82) is 0 Å². The van der Waals surface area contributed by atoms with Crippen molar-refractivity contribution >= 4 is 23.4 Å². The average molecular weight is 388 g/mol. The zero-order chi connectivity index (χ0) is 19.5. The molecule has 26 heavy (non-hydrogen) atoms. The maximum atomic E-state index is 12.7. The van der Waals surface area contributed by atoms with Gasteiger partial charge in [-0.25, -0.2) is 0 Å². The maximum absolute atomic E-state index is 12.7. The number of allylic oxidation sites excluding steroid dienone is 1. The minimum atomic E-state index is -4.69. The normalized spacial score (nSPS) is 20.2. The molecule has 1 radical (unpaired) electrons. The highest BCUT2D eigenvalue weighted by Crippen LogP contribution is 2.35. The molecule has 1 aliphatic rings. The van der Waals surface area contributed by atoms with Gasteiger partial charge >= 0.3 is 6.18 Å². The molecule has 1 amide bonds. The van der Waals surface area contributed by atoms with Gasteiger partial charge in [-0.05, 0) is 25.3 Å². The van der Waals surface area contributed by atoms with E-state index >= 15 is 0 Å². The third kappa shape index (κ3) is 5.17. The molecule has 2 N–H and O–H groups in total. The van der Waals surface area contributed by atoms with Crippen LogP contribution in [0.5, 0.6) is 0 Å². The first-order valence-corrected chi connectivity index (χ1v) is 9.10. The van der Waals surface area contributed by atoms with Crippen LogP contribution in [0, 0.1) is 11.3 Å². The highest BCUT2D eigenvalue weighted by atomic mass is 32.2. The Morgan fingerprint density at radius 3 is 2.69 bits per heavy atom. The summed E-state index contributed by atoms with van der Waals surface area (Å²) in [4.78, 5) is 12.4. The predicted molar refractivity (Wildman–Crippen MR) is 94.2 cm³/mol. The van der Waals surface area contributed by atoms with Gasteiger partial charge in [-0.2, -0.15) is 13.2 Å². The van der Waals surface area contributed by atoms with E-state index in [1.54, 1.807) is 31.2 Å². The summed E-state index contributed by atoms with van der Waals surface area (Å²) in [5.74, 6) is -1.76. The molecule has 0 spiro atoms. The van der Waals surface area contributed by atoms with Crippen molar-refractivity contribution in [3.8, 4) is 0 Å². The lowest BCUT2D eigenvalue weighted by molar-refractivity contribution is -0.147. The smallest absolute Gasteiger partial charge is 0.450 e. The van der Waals surface area contributed by atoms with E-state index in [9.17, 15) is 23.1 Å². The third-order valence-electron chi connectivity index (χ3n) is 3.78. The number of rotatable bonds is 5. The monoisotopic (exact) mass is 388 g/mol. The van der Waals surface area contributed by atoms with E-state index in [0.29, 0.717) is 17.7 Å². The fourth-order valence-electron chi connectivity index (χ4n) is 2.82. The van der Waals surface area contributed by atoms with Gasteiger partial charge in [0.15, 0.2) is 6.10 Å². The molecule has 2 rings (SSSR count). The van der Waals surface area contributed by atoms with Crippen LogP contribution in [0.3, 0.4) is 0 Å². The number of carbonyl (C=O) groups excluding carboxylic acids is 1. The molecule has 1 heterocycles. The fourth-order valence-corrected chi connectivity index (χ4v) is 3.57. The van der Waals surface area contributed by atoms with Crippen molar-refractivity contribution in [2.24, 2.45) is 5.92 Å². The van der Waals surface area contributed by atoms with Crippen LogP contribution in [-0.4, -0.2) is 29.0 Å². The topological polar surface area (TPSA) is 58.6 Å². The molecule has 2 atom stereocenters. The summed E-state index contributed by atoms with van der Waals surface area (Å²) in [5.41, 5.74) is -0.335. The Balaban J connectivity index is 2.17. The molecule has 1 aliphatic heterocycles. The number of nitrogens with one attached hydrogen (secondary N) is 1. The van der Waals surface area contributed by atoms with Crippen LogP contribution in [0.4, 0.5) is 18.9 Å². The Labute approximate surface area is 154 Å². The Bertz CT molecular complexity index is 687. The number of anilines is 1. The van der Waals surface area contributed by atoms with E-state index < -0.39 is 29.5 Å². The minimum Gasteiger partial charge on any atom is -0.474 e. The standard InChI is InChI=1S/C18H21F3NO3S/c1-11(2)8-17(3,24)12-6-4-5-7-13(12)22-16(23)14-9-26-10-15(25-14)18(19,20)21/h4-7,11,14,24H,8-9H2,1-3H3,(H,22,23). The van der Waals surface area contributed by atoms with Crippen molar-refractivity contribution in [2.75, 3.05) is 11.1 Å². The van der Waals surface area contributed by atoms with Gasteiger partial charge in [-0.15, -0.1) is 11.8 Å². The van der Waals surface area contributed by atoms with Crippen molar-refractivity contribution in [1.82, 2.24) is 0 Å². The van der Waals surface area contributed by atoms with Gasteiger partial charge < -0.3 is 15.2 Å². The van der Waals surface area contributed by atoms with Crippen molar-refractivity contribution in [3.63, 3.8) is 0 Å². The quantitative estimate of drug-likeness (QED) is 0.793. The minimum absolute atomic E-state index is 0.0238. The van der Waals surface area contributed by atoms with Crippen LogP contribution < -0.4 is 5.32 Å². The van der Waals surface area contributed by atoms with Gasteiger partial charge in [0.05, 0.1) is 11.0 Å². The molecule has 2 unspecified atom stereocenters. The van der Waals surface area contributed by atoms with Crippen LogP contribution >= 0.6 is 11.8 Å². The maximum Gasteiger partial charge on any atom is 0.450 e. The van der Waals surface area contributed by atoms with Crippen molar-refractivity contribution < 1.29 is 27.8 Å². The Morgan fingerprint density at radius 2 is 2.08 bits per heavy atom. The molecule has 1 aromatic carbocycles. The first-order valence-electron chi connectivity index (χ1n) is 8.12. The number of aliphatic hydroxyl groups is 1. The number of hydrogen-bond donors (Lipinski definition) is 2. The molecule has 0 saturated heterocycles. The zero-order valence-corrected chi connectivity index (χ0v) is 15.5. The second-order valence-corrected chi connectivity index (χ2v) is 7.58. The van der Waals surface area contributed by atoms with Gasteiger partial charge in [0.25, 0.3) is 5.91 Å². The van der Waals surface area contributed by atoms with E-state index in [-0.39, 0.29) is 11.7 Å². The summed E-state index contributed by atoms with van der Waals surface area (Å²) in [5, 5.41) is 15.4. The first kappa shape index (κ1) is 20.6. The Kier molecular flexibility index (Phi) is 6.29. The molecule has 143 valence electrons. The number of thioether (sulfide) groups is 1. The Hall–Kier alpha value is -1.67. The number of benzene rings is 1. The molecule has 0 fully saturated rings. The van der Waals surface area contributed by atoms with Gasteiger partial charge in [0.1, 0.15) is 0 Å². The molecular formula is C18H21F3NO3S. The summed E-state index contributed by atoms with van der Waals surface area (Å²) < 4.78 is 43.0. The van der Waals surface area contributed by atoms with Gasteiger partial charge in [-0.3, -0.25) is 4.79 Å². The van der Waals surface area contributed by atoms with Crippen LogP contribution in [-0.2, 0) is 15.1 Å². The van der Waals surface area contributed by atoms with E-state index in [1.165, 1.54) is 0 Å². The van der Waals surface area contributed by atoms with E-state index in [2.05, 4.69) is 5.32 Å². The second-order valence-electron chi connectivity index (χ2n) is 6.75. The number of para-hydroxylation sites is 1. The van der Waals surface area contributed by atoms with Crippen LogP contribution in [0.1, 0.15) is 32.8 Å². The lowest BCUT2D eigenvalue weighted by atomic mass is 9.86. The number of carbonyl (C=O) groups is 1. The molecule has 1 aromatic rings. The molecule has 0 aliphatic carbocycles. The van der Waals surface area contributed by atoms with Crippen molar-refractivity contribution in [3.05, 3.63) is 41.0 Å². The first-order chi connectivity index (χ1) is 12.0. The molecule has 8 heteroatoms. The van der Waals surface area contributed by atoms with Gasteiger partial charge in [0.2, 0.25) is 5.76 Å². The van der Waals surface area contributed by atoms with Crippen LogP contribution in [0.25, 0.3) is 0 Å². The zero-order valence-electron chi connectivity index (χ0n) is 14.7. The largest absolute Gasteiger partial charge is 0.474 e. The number of ether oxygens (including phenoxy) is 1. The molecule has 4 nitrogen and oxygen atoms in total. The summed E-state index contributed by atoms with van der Waals surface area (Å²) in [6.07, 6.45) is -5.52. The van der Waals surface area contributed by atoms with Crippen molar-refractivity contribution in [2.45, 2.75) is 45.1 Å². The molecule has 0 bridgehead atoms. The number of alkyl halides is 3. The lowest BCUT2D eigenvalue weighted by Crippen LogP contribution is -2.37. The van der Waals surface area contributed by atoms with Crippen LogP contribution in [0.2, 0.25) is 0 Å². The van der Waals surface area contributed by atoms with E-state index in [0.717, 1.165) is 11.8 Å². The van der Waals surface area contributed by atoms with Gasteiger partial charge in [-0.1, -0.05) is 32.0 Å². The summed E-state index contributed by atoms with van der Waals surface area (Å²) in [6.45, 7) is 5.57. The molecule has 0 saturated carbocycles. The Morgan fingerprint density at radius 1 is 1.42 bits per heavy atom. The number of hydrogen-bond acceptors (Lipinski definition) is 4. The highest BCUT2D eigenvalue weighted by molar-refractivity contribution is 8.01. The molecular weight excluding hydrogens is 367 g/mol. The summed E-state index contributed by atoms with van der Waals surface area (Å²) in [6, 6.07) is 6.69. The predicted octanol–water partition coefficient (Wildman–Crippen LogP) is 4.22. The number of halogens is 3. The summed E-state index contributed by atoms with van der Waals surface area (Å²) in [7, 11) is 0. The number of amides is 1. The van der Waals surface area contributed by atoms with Crippen LogP contribution in [0.15, 0.2) is 30.0 Å². The molecule has 0 aromatic heterocycles. The lowest BCUT2D eigenvalue weighted by Gasteiger charge is -2.29. The van der Waals surface area contributed by atoms with E-state index in [4.69, 9.17) is 4.74 Å². The van der Waals surface area contributed by atoms with Gasteiger partial charge in [0, 0.05) is 17.0 Å². The summed E-state index contributed by atoms with van der Waals surface area (Å²) >= 11 is 0.753. The second kappa shape index (κ2) is 7.92.